The summed E-state index contributed by atoms with van der Waals surface area (Å²) in [6.07, 6.45) is 86.2. The molecule has 426 valence electrons. The molecular weight excluding hydrogens is 925 g/mol. The van der Waals surface area contributed by atoms with Crippen LogP contribution in [0.4, 0.5) is 0 Å². The summed E-state index contributed by atoms with van der Waals surface area (Å²) in [4.78, 5) is 38.3. The van der Waals surface area contributed by atoms with Crippen LogP contribution in [0.15, 0.2) is 122 Å². The van der Waals surface area contributed by atoms with Crippen LogP contribution in [0.5, 0.6) is 0 Å². The van der Waals surface area contributed by atoms with Crippen molar-refractivity contribution in [2.45, 2.75) is 284 Å². The molecule has 0 aliphatic carbocycles. The Morgan fingerprint density at radius 1 is 0.280 bits per heavy atom. The second-order valence-electron chi connectivity index (χ2n) is 20.2. The maximum absolute atomic E-state index is 12.9. The monoisotopic (exact) mass is 1040 g/mol. The average Bonchev–Trinajstić information content (AvgIpc) is 3.41. The van der Waals surface area contributed by atoms with Gasteiger partial charge < -0.3 is 14.2 Å². The summed E-state index contributed by atoms with van der Waals surface area (Å²) >= 11 is 0. The highest BCUT2D eigenvalue weighted by molar-refractivity contribution is 5.71. The van der Waals surface area contributed by atoms with Gasteiger partial charge in [0.2, 0.25) is 0 Å². The number of hydrogen-bond donors (Lipinski definition) is 0. The van der Waals surface area contributed by atoms with E-state index in [2.05, 4.69) is 142 Å². The predicted molar refractivity (Wildman–Crippen MR) is 325 cm³/mol. The van der Waals surface area contributed by atoms with E-state index in [9.17, 15) is 14.4 Å². The molecule has 0 aromatic heterocycles. The van der Waals surface area contributed by atoms with E-state index in [1.807, 2.05) is 0 Å². The molecule has 6 nitrogen and oxygen atoms in total. The maximum atomic E-state index is 12.9. The minimum absolute atomic E-state index is 0.0984. The number of rotatable bonds is 55. The van der Waals surface area contributed by atoms with E-state index in [4.69, 9.17) is 14.2 Å². The van der Waals surface area contributed by atoms with Crippen molar-refractivity contribution in [2.24, 2.45) is 0 Å². The molecule has 0 aliphatic rings. The van der Waals surface area contributed by atoms with E-state index in [1.165, 1.54) is 89.9 Å². The Balaban J connectivity index is 4.45. The van der Waals surface area contributed by atoms with Crippen molar-refractivity contribution in [3.8, 4) is 0 Å². The number of hydrogen-bond acceptors (Lipinski definition) is 6. The number of carbonyl (C=O) groups excluding carboxylic acids is 3. The van der Waals surface area contributed by atoms with Gasteiger partial charge in [-0.15, -0.1) is 0 Å². The van der Waals surface area contributed by atoms with Crippen molar-refractivity contribution in [3.63, 3.8) is 0 Å². The smallest absolute Gasteiger partial charge is 0.306 e. The molecule has 1 unspecified atom stereocenters. The highest BCUT2D eigenvalue weighted by atomic mass is 16.6. The minimum atomic E-state index is -0.802. The molecule has 1 atom stereocenters. The van der Waals surface area contributed by atoms with Gasteiger partial charge in [-0.1, -0.05) is 271 Å². The van der Waals surface area contributed by atoms with Gasteiger partial charge in [0.1, 0.15) is 13.2 Å². The van der Waals surface area contributed by atoms with Crippen LogP contribution in [0, 0.1) is 0 Å². The first-order chi connectivity index (χ1) is 37.0. The first-order valence-electron chi connectivity index (χ1n) is 31.0. The Labute approximate surface area is 462 Å². The quantitative estimate of drug-likeness (QED) is 0.0261. The van der Waals surface area contributed by atoms with Gasteiger partial charge in [-0.3, -0.25) is 14.4 Å². The number of esters is 3. The maximum Gasteiger partial charge on any atom is 0.306 e. The highest BCUT2D eigenvalue weighted by Crippen LogP contribution is 2.16. The number of carbonyl (C=O) groups is 3. The molecule has 0 bridgehead atoms. The molecule has 0 saturated carbocycles. The molecule has 6 heteroatoms. The van der Waals surface area contributed by atoms with Crippen LogP contribution < -0.4 is 0 Å². The Kier molecular flexibility index (Phi) is 58.9. The molecule has 0 spiro atoms. The largest absolute Gasteiger partial charge is 0.462 e. The van der Waals surface area contributed by atoms with Gasteiger partial charge in [-0.25, -0.2) is 0 Å². The third kappa shape index (κ3) is 60.6. The Hall–Kier alpha value is -4.19. The minimum Gasteiger partial charge on any atom is -0.462 e. The van der Waals surface area contributed by atoms with Crippen LogP contribution in [0.3, 0.4) is 0 Å². The van der Waals surface area contributed by atoms with Crippen LogP contribution in [0.1, 0.15) is 278 Å². The molecule has 0 rings (SSSR count). The summed E-state index contributed by atoms with van der Waals surface area (Å²) in [6.45, 7) is 6.39. The molecule has 0 fully saturated rings. The van der Waals surface area contributed by atoms with Gasteiger partial charge in [0, 0.05) is 19.3 Å². The number of unbranched alkanes of at least 4 members (excludes halogenated alkanes) is 24. The van der Waals surface area contributed by atoms with Crippen molar-refractivity contribution in [3.05, 3.63) is 122 Å². The summed E-state index contributed by atoms with van der Waals surface area (Å²) in [5.41, 5.74) is 0. The van der Waals surface area contributed by atoms with Crippen molar-refractivity contribution < 1.29 is 28.6 Å². The van der Waals surface area contributed by atoms with Crippen molar-refractivity contribution >= 4 is 17.9 Å². The van der Waals surface area contributed by atoms with E-state index in [0.29, 0.717) is 19.3 Å². The molecule has 0 amide bonds. The second-order valence-corrected chi connectivity index (χ2v) is 20.2. The lowest BCUT2D eigenvalue weighted by Gasteiger charge is -2.18. The number of allylic oxidation sites excluding steroid dienone is 20. The fourth-order valence-corrected chi connectivity index (χ4v) is 8.38. The van der Waals surface area contributed by atoms with E-state index in [-0.39, 0.29) is 31.1 Å². The third-order valence-corrected chi connectivity index (χ3v) is 13.0. The lowest BCUT2D eigenvalue weighted by atomic mass is 10.0. The third-order valence-electron chi connectivity index (χ3n) is 13.0. The molecular formula is C69H114O6. The van der Waals surface area contributed by atoms with Crippen LogP contribution in [-0.4, -0.2) is 37.2 Å². The first kappa shape index (κ1) is 70.8. The zero-order chi connectivity index (χ0) is 54.3. The highest BCUT2D eigenvalue weighted by Gasteiger charge is 2.19. The lowest BCUT2D eigenvalue weighted by molar-refractivity contribution is -0.167. The van der Waals surface area contributed by atoms with Gasteiger partial charge in [-0.2, -0.15) is 0 Å². The Morgan fingerprint density at radius 2 is 0.520 bits per heavy atom. The van der Waals surface area contributed by atoms with E-state index in [0.717, 1.165) is 148 Å². The molecule has 0 saturated heterocycles. The standard InChI is InChI=1S/C69H114O6/c1-4-7-10-13-16-19-22-25-28-30-31-32-33-34-35-36-37-39-41-44-47-50-53-56-59-62-68(71)74-65-66(64-73-67(70)61-58-55-52-49-46-43-40-27-24-21-18-15-12-9-6-3)75-69(72)63-60-57-54-51-48-45-42-38-29-26-23-20-17-14-11-8-5-2/h7,9-10,12,16,18-19,21,25,27-28,31-32,34-35,37,39-40,44,47,66H,4-6,8,11,13-15,17,20,22-24,26,29-30,33,36,38,41-43,45-46,48-65H2,1-3H3/b10-7-,12-9-,19-16-,21-18-,28-25-,32-31-,35-34-,39-37-,40-27-,47-44-. The van der Waals surface area contributed by atoms with Crippen molar-refractivity contribution in [1.82, 2.24) is 0 Å². The zero-order valence-corrected chi connectivity index (χ0v) is 48.8. The number of ether oxygens (including phenoxy) is 3. The zero-order valence-electron chi connectivity index (χ0n) is 48.8. The molecule has 0 heterocycles. The predicted octanol–water partition coefficient (Wildman–Crippen LogP) is 21.2. The molecule has 0 aromatic carbocycles. The summed E-state index contributed by atoms with van der Waals surface area (Å²) in [5.74, 6) is -0.942. The molecule has 0 aromatic rings. The summed E-state index contributed by atoms with van der Waals surface area (Å²) in [5, 5.41) is 0. The fraction of sp³-hybridized carbons (Fsp3) is 0.667. The second kappa shape index (κ2) is 62.4. The van der Waals surface area contributed by atoms with Gasteiger partial charge in [0.05, 0.1) is 0 Å². The van der Waals surface area contributed by atoms with E-state index in [1.54, 1.807) is 0 Å². The molecule has 75 heavy (non-hydrogen) atoms. The molecule has 0 radical (unpaired) electrons. The van der Waals surface area contributed by atoms with Gasteiger partial charge in [0.15, 0.2) is 6.10 Å². The van der Waals surface area contributed by atoms with Crippen LogP contribution in [0.2, 0.25) is 0 Å². The normalized spacial score (nSPS) is 12.9. The topological polar surface area (TPSA) is 78.9 Å². The summed E-state index contributed by atoms with van der Waals surface area (Å²) < 4.78 is 16.9. The summed E-state index contributed by atoms with van der Waals surface area (Å²) in [6, 6.07) is 0. The van der Waals surface area contributed by atoms with E-state index < -0.39 is 6.10 Å². The average molecular weight is 1040 g/mol. The van der Waals surface area contributed by atoms with Crippen molar-refractivity contribution in [2.75, 3.05) is 13.2 Å². The van der Waals surface area contributed by atoms with Crippen LogP contribution in [0.25, 0.3) is 0 Å². The van der Waals surface area contributed by atoms with E-state index >= 15 is 0 Å². The summed E-state index contributed by atoms with van der Waals surface area (Å²) in [7, 11) is 0. The van der Waals surface area contributed by atoms with Crippen molar-refractivity contribution in [1.29, 1.82) is 0 Å². The molecule has 0 N–H and O–H groups in total. The van der Waals surface area contributed by atoms with Gasteiger partial charge >= 0.3 is 17.9 Å². The van der Waals surface area contributed by atoms with Crippen LogP contribution in [-0.2, 0) is 28.6 Å². The fourth-order valence-electron chi connectivity index (χ4n) is 8.38. The Morgan fingerprint density at radius 3 is 0.827 bits per heavy atom. The first-order valence-corrected chi connectivity index (χ1v) is 31.0. The van der Waals surface area contributed by atoms with Gasteiger partial charge in [0.25, 0.3) is 0 Å². The molecule has 0 aliphatic heterocycles. The Bertz CT molecular complexity index is 1570. The van der Waals surface area contributed by atoms with Crippen LogP contribution >= 0.6 is 0 Å². The lowest BCUT2D eigenvalue weighted by Crippen LogP contribution is -2.30. The van der Waals surface area contributed by atoms with Gasteiger partial charge in [-0.05, 0) is 109 Å². The SMILES string of the molecule is CC/C=C\C/C=C\C/C=C\C/C=C\C/C=C\C/C=C\C/C=C\CCCCCC(=O)OCC(COC(=O)CCCCCCC/C=C\C/C=C\C/C=C\CC)OC(=O)CCCCCCCCCCCCCCCCCCC.